The number of phenols is 1. The molecule has 0 aliphatic rings. The minimum Gasteiger partial charge on any atom is -0.507 e. The predicted octanol–water partition coefficient (Wildman–Crippen LogP) is 0.0156. The van der Waals surface area contributed by atoms with Crippen LogP contribution in [0.1, 0.15) is 15.9 Å². The summed E-state index contributed by atoms with van der Waals surface area (Å²) in [6, 6.07) is 3.99. The average Bonchev–Trinajstić information content (AvgIpc) is 2.26. The van der Waals surface area contributed by atoms with Crippen LogP contribution >= 0.6 is 0 Å². The summed E-state index contributed by atoms with van der Waals surface area (Å²) in [7, 11) is 1.24. The van der Waals surface area contributed by atoms with E-state index in [1.807, 2.05) is 0 Å². The third kappa shape index (κ3) is 2.75. The fraction of sp³-hybridized carbons (Fsp3) is 0.0909. The number of hydrogen-bond acceptors (Lipinski definition) is 4. The first kappa shape index (κ1) is 11.6. The molecule has 0 radical (unpaired) electrons. The summed E-state index contributed by atoms with van der Waals surface area (Å²) >= 11 is 0. The van der Waals surface area contributed by atoms with Crippen LogP contribution in [0.3, 0.4) is 0 Å². The zero-order valence-electron chi connectivity index (χ0n) is 8.48. The van der Waals surface area contributed by atoms with Gasteiger partial charge in [0.25, 0.3) is 5.91 Å². The first-order chi connectivity index (χ1) is 7.54. The Labute approximate surface area is 91.8 Å². The van der Waals surface area contributed by atoms with Crippen molar-refractivity contribution in [1.82, 2.24) is 0 Å². The summed E-state index contributed by atoms with van der Waals surface area (Å²) in [6.07, 6.45) is 0. The van der Waals surface area contributed by atoms with E-state index >= 15 is 0 Å². The summed E-state index contributed by atoms with van der Waals surface area (Å²) < 4.78 is 4.50. The van der Waals surface area contributed by atoms with Gasteiger partial charge in [0.15, 0.2) is 0 Å². The van der Waals surface area contributed by atoms with Gasteiger partial charge < -0.3 is 15.6 Å². The van der Waals surface area contributed by atoms with E-state index in [0.29, 0.717) is 0 Å². The molecule has 1 amide bonds. The van der Waals surface area contributed by atoms with Gasteiger partial charge in [-0.25, -0.2) is 4.79 Å². The Morgan fingerprint density at radius 1 is 1.44 bits per heavy atom. The third-order valence-corrected chi connectivity index (χ3v) is 1.74. The van der Waals surface area contributed by atoms with Crippen LogP contribution in [0, 0.1) is 11.8 Å². The van der Waals surface area contributed by atoms with E-state index in [-0.39, 0.29) is 16.9 Å². The van der Waals surface area contributed by atoms with Crippen molar-refractivity contribution in [3.63, 3.8) is 0 Å². The van der Waals surface area contributed by atoms with Gasteiger partial charge in [-0.1, -0.05) is 5.92 Å². The maximum atomic E-state index is 11.2. The van der Waals surface area contributed by atoms with Gasteiger partial charge in [0.1, 0.15) is 5.75 Å². The highest BCUT2D eigenvalue weighted by molar-refractivity contribution is 5.93. The van der Waals surface area contributed by atoms with Crippen LogP contribution in [0.4, 0.5) is 0 Å². The largest absolute Gasteiger partial charge is 0.507 e. The lowest BCUT2D eigenvalue weighted by Crippen LogP contribution is -2.06. The van der Waals surface area contributed by atoms with Crippen LogP contribution in [-0.2, 0) is 9.53 Å². The van der Waals surface area contributed by atoms with E-state index in [0.717, 1.165) is 0 Å². The lowest BCUT2D eigenvalue weighted by Gasteiger charge is -2.01. The second kappa shape index (κ2) is 4.84. The Morgan fingerprint density at radius 2 is 2.12 bits per heavy atom. The minimum absolute atomic E-state index is 0.138. The Bertz CT molecular complexity index is 496. The van der Waals surface area contributed by atoms with Gasteiger partial charge in [0, 0.05) is 5.92 Å². The SMILES string of the molecule is COC(=O)c1ccc(O)c(C#CC(N)=O)c1. The minimum atomic E-state index is -0.817. The van der Waals surface area contributed by atoms with E-state index in [1.165, 1.54) is 25.3 Å². The van der Waals surface area contributed by atoms with E-state index in [4.69, 9.17) is 5.73 Å². The molecule has 0 fully saturated rings. The van der Waals surface area contributed by atoms with Gasteiger partial charge in [0.2, 0.25) is 0 Å². The molecule has 0 aliphatic carbocycles. The molecule has 1 rings (SSSR count). The molecular weight excluding hydrogens is 210 g/mol. The molecule has 0 saturated carbocycles. The maximum absolute atomic E-state index is 11.2. The van der Waals surface area contributed by atoms with E-state index in [9.17, 15) is 14.7 Å². The second-order valence-electron chi connectivity index (χ2n) is 2.84. The van der Waals surface area contributed by atoms with Gasteiger partial charge in [-0.05, 0) is 18.2 Å². The molecule has 5 heteroatoms. The van der Waals surface area contributed by atoms with Crippen LogP contribution in [0.2, 0.25) is 0 Å². The predicted molar refractivity (Wildman–Crippen MR) is 55.5 cm³/mol. The van der Waals surface area contributed by atoms with Crippen molar-refractivity contribution in [3.8, 4) is 17.6 Å². The van der Waals surface area contributed by atoms with Crippen LogP contribution < -0.4 is 5.73 Å². The van der Waals surface area contributed by atoms with Gasteiger partial charge in [-0.3, -0.25) is 4.79 Å². The number of ether oxygens (including phenoxy) is 1. The molecule has 0 heterocycles. The molecule has 82 valence electrons. The maximum Gasteiger partial charge on any atom is 0.337 e. The second-order valence-corrected chi connectivity index (χ2v) is 2.84. The monoisotopic (exact) mass is 219 g/mol. The number of carbonyl (C=O) groups excluding carboxylic acids is 2. The molecule has 0 atom stereocenters. The van der Waals surface area contributed by atoms with Crippen molar-refractivity contribution in [2.75, 3.05) is 7.11 Å². The number of esters is 1. The van der Waals surface area contributed by atoms with Crippen molar-refractivity contribution in [2.45, 2.75) is 0 Å². The Balaban J connectivity index is 3.15. The molecule has 5 nitrogen and oxygen atoms in total. The molecule has 0 aromatic heterocycles. The summed E-state index contributed by atoms with van der Waals surface area (Å²) in [5.41, 5.74) is 5.20. The molecule has 0 bridgehead atoms. The molecule has 1 aromatic rings. The van der Waals surface area contributed by atoms with E-state index in [1.54, 1.807) is 0 Å². The molecule has 0 unspecified atom stereocenters. The molecule has 1 aromatic carbocycles. The van der Waals surface area contributed by atoms with Crippen molar-refractivity contribution in [2.24, 2.45) is 5.73 Å². The normalized spacial score (nSPS) is 8.81. The Kier molecular flexibility index (Phi) is 3.51. The number of primary amides is 1. The Morgan fingerprint density at radius 3 is 2.69 bits per heavy atom. The number of phenolic OH excluding ortho intramolecular Hbond substituents is 1. The van der Waals surface area contributed by atoms with Crippen LogP contribution in [0.5, 0.6) is 5.75 Å². The van der Waals surface area contributed by atoms with Crippen LogP contribution in [0.15, 0.2) is 18.2 Å². The molecule has 16 heavy (non-hydrogen) atoms. The quantitative estimate of drug-likeness (QED) is 0.514. The first-order valence-electron chi connectivity index (χ1n) is 4.27. The van der Waals surface area contributed by atoms with Gasteiger partial charge in [-0.15, -0.1) is 0 Å². The van der Waals surface area contributed by atoms with E-state index < -0.39 is 11.9 Å². The van der Waals surface area contributed by atoms with E-state index in [2.05, 4.69) is 16.6 Å². The van der Waals surface area contributed by atoms with Crippen LogP contribution in [0.25, 0.3) is 0 Å². The number of rotatable bonds is 1. The number of aromatic hydroxyl groups is 1. The molecule has 0 aliphatic heterocycles. The van der Waals surface area contributed by atoms with Gasteiger partial charge >= 0.3 is 5.97 Å². The van der Waals surface area contributed by atoms with Crippen LogP contribution in [-0.4, -0.2) is 24.1 Å². The average molecular weight is 219 g/mol. The zero-order chi connectivity index (χ0) is 12.1. The Hall–Kier alpha value is -2.48. The summed E-state index contributed by atoms with van der Waals surface area (Å²) in [5, 5.41) is 9.40. The standard InChI is InChI=1S/C11H9NO4/c1-16-11(15)8-2-4-9(13)7(6-8)3-5-10(12)14/h2,4,6,13H,1H3,(H2,12,14). The smallest absolute Gasteiger partial charge is 0.337 e. The highest BCUT2D eigenvalue weighted by Gasteiger charge is 2.07. The molecule has 3 N–H and O–H groups in total. The van der Waals surface area contributed by atoms with Crippen molar-refractivity contribution >= 4 is 11.9 Å². The molecule has 0 saturated heterocycles. The number of methoxy groups -OCH3 is 1. The molecule has 0 spiro atoms. The summed E-state index contributed by atoms with van der Waals surface area (Å²) in [6.45, 7) is 0. The third-order valence-electron chi connectivity index (χ3n) is 1.74. The number of benzene rings is 1. The van der Waals surface area contributed by atoms with Gasteiger partial charge in [-0.2, -0.15) is 0 Å². The lowest BCUT2D eigenvalue weighted by atomic mass is 10.1. The fourth-order valence-corrected chi connectivity index (χ4v) is 1.01. The lowest BCUT2D eigenvalue weighted by molar-refractivity contribution is -0.112. The molecular formula is C11H9NO4. The van der Waals surface area contributed by atoms with Crippen molar-refractivity contribution in [3.05, 3.63) is 29.3 Å². The summed E-state index contributed by atoms with van der Waals surface area (Å²) in [5.74, 6) is 2.90. The number of hydrogen-bond donors (Lipinski definition) is 2. The number of nitrogens with two attached hydrogens (primary N) is 1. The highest BCUT2D eigenvalue weighted by atomic mass is 16.5. The zero-order valence-corrected chi connectivity index (χ0v) is 8.48. The van der Waals surface area contributed by atoms with Crippen molar-refractivity contribution in [1.29, 1.82) is 0 Å². The summed E-state index contributed by atoms with van der Waals surface area (Å²) in [4.78, 5) is 21.6. The first-order valence-corrected chi connectivity index (χ1v) is 4.27. The number of amides is 1. The highest BCUT2D eigenvalue weighted by Crippen LogP contribution is 2.17. The topological polar surface area (TPSA) is 89.6 Å². The fourth-order valence-electron chi connectivity index (χ4n) is 1.01. The van der Waals surface area contributed by atoms with Gasteiger partial charge in [0.05, 0.1) is 18.2 Å². The van der Waals surface area contributed by atoms with Crippen molar-refractivity contribution < 1.29 is 19.4 Å². The number of carbonyl (C=O) groups is 2.